The third kappa shape index (κ3) is 7.27. The van der Waals surface area contributed by atoms with E-state index in [9.17, 15) is 14.4 Å². The van der Waals surface area contributed by atoms with Gasteiger partial charge < -0.3 is 10.1 Å². The number of benzene rings is 3. The summed E-state index contributed by atoms with van der Waals surface area (Å²) in [7, 11) is 0. The van der Waals surface area contributed by atoms with Crippen LogP contribution in [0.1, 0.15) is 31.8 Å². The lowest BCUT2D eigenvalue weighted by molar-refractivity contribution is -0.120. The number of ether oxygens (including phenoxy) is 1. The lowest BCUT2D eigenvalue weighted by atomic mass is 10.1. The number of hydrogen-bond donors (Lipinski definition) is 2. The Balaban J connectivity index is 1.59. The standard InChI is InChI=1S/C24H19BrClN3O4/c1-15-3-2-4-17(11-15)24(32)33-21-10-7-19(25)12-18(21)13-28-29-22(30)14-27-23(31)16-5-8-20(26)9-6-16/h2-13H,14H2,1H3,(H,27,31)(H,29,30)/b28-13+. The Morgan fingerprint density at radius 3 is 2.52 bits per heavy atom. The van der Waals surface area contributed by atoms with Crippen molar-refractivity contribution >= 4 is 51.5 Å². The van der Waals surface area contributed by atoms with Crippen LogP contribution in [-0.2, 0) is 4.79 Å². The molecular weight excluding hydrogens is 510 g/mol. The fourth-order valence-corrected chi connectivity index (χ4v) is 3.23. The quantitative estimate of drug-likeness (QED) is 0.204. The number of aryl methyl sites for hydroxylation is 1. The van der Waals surface area contributed by atoms with Crippen LogP contribution < -0.4 is 15.5 Å². The molecule has 9 heteroatoms. The van der Waals surface area contributed by atoms with Gasteiger partial charge in [-0.3, -0.25) is 9.59 Å². The minimum Gasteiger partial charge on any atom is -0.422 e. The molecule has 0 saturated carbocycles. The molecule has 0 fully saturated rings. The van der Waals surface area contributed by atoms with Gasteiger partial charge in [0.25, 0.3) is 11.8 Å². The molecule has 0 aromatic heterocycles. The van der Waals surface area contributed by atoms with E-state index in [1.807, 2.05) is 13.0 Å². The van der Waals surface area contributed by atoms with Crippen molar-refractivity contribution in [3.05, 3.63) is 98.5 Å². The Morgan fingerprint density at radius 2 is 1.79 bits per heavy atom. The number of amides is 2. The molecule has 0 atom stereocenters. The minimum absolute atomic E-state index is 0.271. The Bertz CT molecular complexity index is 1210. The predicted octanol–water partition coefficient (Wildman–Crippen LogP) is 4.51. The molecule has 3 rings (SSSR count). The number of halogens is 2. The van der Waals surface area contributed by atoms with Gasteiger partial charge in [-0.15, -0.1) is 0 Å². The third-order valence-corrected chi connectivity index (χ3v) is 5.08. The van der Waals surface area contributed by atoms with Crippen LogP contribution in [0.3, 0.4) is 0 Å². The number of carbonyl (C=O) groups excluding carboxylic acids is 3. The second kappa shape index (κ2) is 11.4. The normalized spacial score (nSPS) is 10.6. The van der Waals surface area contributed by atoms with Crippen LogP contribution in [-0.4, -0.2) is 30.5 Å². The van der Waals surface area contributed by atoms with Crippen molar-refractivity contribution in [1.82, 2.24) is 10.7 Å². The van der Waals surface area contributed by atoms with Crippen molar-refractivity contribution in [2.24, 2.45) is 5.10 Å². The molecule has 2 amide bonds. The second-order valence-corrected chi connectivity index (χ2v) is 8.28. The summed E-state index contributed by atoms with van der Waals surface area (Å²) in [5.74, 6) is -1.17. The van der Waals surface area contributed by atoms with Gasteiger partial charge in [-0.2, -0.15) is 5.10 Å². The zero-order valence-corrected chi connectivity index (χ0v) is 19.8. The van der Waals surface area contributed by atoms with Crippen molar-refractivity contribution in [2.45, 2.75) is 6.92 Å². The highest BCUT2D eigenvalue weighted by Crippen LogP contribution is 2.23. The molecule has 168 valence electrons. The van der Waals surface area contributed by atoms with E-state index in [2.05, 4.69) is 31.8 Å². The molecule has 3 aromatic carbocycles. The van der Waals surface area contributed by atoms with Crippen LogP contribution in [0.5, 0.6) is 5.75 Å². The molecule has 0 radical (unpaired) electrons. The largest absolute Gasteiger partial charge is 0.422 e. The number of rotatable bonds is 7. The third-order valence-electron chi connectivity index (χ3n) is 4.34. The van der Waals surface area contributed by atoms with Gasteiger partial charge in [0.1, 0.15) is 5.75 Å². The van der Waals surface area contributed by atoms with E-state index in [1.54, 1.807) is 60.7 Å². The molecule has 3 aromatic rings. The Hall–Kier alpha value is -3.49. The first-order chi connectivity index (χ1) is 15.8. The number of esters is 1. The average Bonchev–Trinajstić information content (AvgIpc) is 2.79. The van der Waals surface area contributed by atoms with Gasteiger partial charge in [-0.05, 0) is 61.5 Å². The lowest BCUT2D eigenvalue weighted by Crippen LogP contribution is -2.34. The van der Waals surface area contributed by atoms with Gasteiger partial charge in [0, 0.05) is 20.6 Å². The smallest absolute Gasteiger partial charge is 0.343 e. The number of carbonyl (C=O) groups is 3. The molecule has 0 aliphatic carbocycles. The van der Waals surface area contributed by atoms with Crippen LogP contribution in [0.15, 0.2) is 76.3 Å². The van der Waals surface area contributed by atoms with Crippen molar-refractivity contribution in [1.29, 1.82) is 0 Å². The fourth-order valence-electron chi connectivity index (χ4n) is 2.72. The fraction of sp³-hybridized carbons (Fsp3) is 0.0833. The van der Waals surface area contributed by atoms with Crippen LogP contribution in [0, 0.1) is 6.92 Å². The highest BCUT2D eigenvalue weighted by atomic mass is 79.9. The van der Waals surface area contributed by atoms with Crippen LogP contribution in [0.2, 0.25) is 5.02 Å². The molecule has 0 spiro atoms. The first kappa shape index (κ1) is 24.2. The SMILES string of the molecule is Cc1cccc(C(=O)Oc2ccc(Br)cc2/C=N/NC(=O)CNC(=O)c2ccc(Cl)cc2)c1. The summed E-state index contributed by atoms with van der Waals surface area (Å²) in [6.07, 6.45) is 1.35. The van der Waals surface area contributed by atoms with Crippen LogP contribution in [0.4, 0.5) is 0 Å². The van der Waals surface area contributed by atoms with Gasteiger partial charge in [0.2, 0.25) is 0 Å². The summed E-state index contributed by atoms with van der Waals surface area (Å²) < 4.78 is 6.24. The van der Waals surface area contributed by atoms with E-state index < -0.39 is 17.8 Å². The Morgan fingerprint density at radius 1 is 1.03 bits per heavy atom. The maximum absolute atomic E-state index is 12.5. The highest BCUT2D eigenvalue weighted by Gasteiger charge is 2.12. The summed E-state index contributed by atoms with van der Waals surface area (Å²) in [5, 5.41) is 6.90. The first-order valence-corrected chi connectivity index (χ1v) is 10.9. The van der Waals surface area contributed by atoms with E-state index in [1.165, 1.54) is 6.21 Å². The van der Waals surface area contributed by atoms with Gasteiger partial charge in [-0.25, -0.2) is 10.2 Å². The van der Waals surface area contributed by atoms with E-state index in [4.69, 9.17) is 16.3 Å². The molecule has 0 unspecified atom stereocenters. The van der Waals surface area contributed by atoms with Gasteiger partial charge in [0.15, 0.2) is 0 Å². The molecular formula is C24H19BrClN3O4. The van der Waals surface area contributed by atoms with E-state index in [0.717, 1.165) is 10.0 Å². The second-order valence-electron chi connectivity index (χ2n) is 6.92. The maximum Gasteiger partial charge on any atom is 0.343 e. The van der Waals surface area contributed by atoms with Crippen molar-refractivity contribution in [3.8, 4) is 5.75 Å². The molecule has 0 saturated heterocycles. The molecule has 0 bridgehead atoms. The van der Waals surface area contributed by atoms with Gasteiger partial charge in [-0.1, -0.05) is 45.2 Å². The zero-order valence-electron chi connectivity index (χ0n) is 17.5. The summed E-state index contributed by atoms with van der Waals surface area (Å²) in [4.78, 5) is 36.5. The van der Waals surface area contributed by atoms with Crippen molar-refractivity contribution in [3.63, 3.8) is 0 Å². The van der Waals surface area contributed by atoms with Crippen LogP contribution >= 0.6 is 27.5 Å². The topological polar surface area (TPSA) is 96.9 Å². The van der Waals surface area contributed by atoms with Crippen molar-refractivity contribution in [2.75, 3.05) is 6.54 Å². The number of nitrogens with one attached hydrogen (secondary N) is 2. The number of nitrogens with zero attached hydrogens (tertiary/aromatic N) is 1. The maximum atomic E-state index is 12.5. The van der Waals surface area contributed by atoms with E-state index in [-0.39, 0.29) is 12.3 Å². The molecule has 0 heterocycles. The average molecular weight is 529 g/mol. The molecule has 0 aliphatic heterocycles. The Labute approximate surface area is 203 Å². The highest BCUT2D eigenvalue weighted by molar-refractivity contribution is 9.10. The van der Waals surface area contributed by atoms with Gasteiger partial charge in [0.05, 0.1) is 18.3 Å². The first-order valence-electron chi connectivity index (χ1n) is 9.76. The van der Waals surface area contributed by atoms with Gasteiger partial charge >= 0.3 is 5.97 Å². The minimum atomic E-state index is -0.526. The summed E-state index contributed by atoms with van der Waals surface area (Å²) in [6.45, 7) is 1.61. The summed E-state index contributed by atoms with van der Waals surface area (Å²) >= 11 is 9.16. The number of hydrazone groups is 1. The predicted molar refractivity (Wildman–Crippen MR) is 130 cm³/mol. The Kier molecular flexibility index (Phi) is 8.34. The zero-order chi connectivity index (χ0) is 23.8. The molecule has 0 aliphatic rings. The van der Waals surface area contributed by atoms with Crippen LogP contribution in [0.25, 0.3) is 0 Å². The van der Waals surface area contributed by atoms with Crippen molar-refractivity contribution < 1.29 is 19.1 Å². The lowest BCUT2D eigenvalue weighted by Gasteiger charge is -2.08. The summed E-state index contributed by atoms with van der Waals surface area (Å²) in [6, 6.07) is 18.4. The molecule has 2 N–H and O–H groups in total. The van der Waals surface area contributed by atoms with E-state index in [0.29, 0.717) is 21.7 Å². The monoisotopic (exact) mass is 527 g/mol. The molecule has 7 nitrogen and oxygen atoms in total. The molecule has 33 heavy (non-hydrogen) atoms. The van der Waals surface area contributed by atoms with E-state index >= 15 is 0 Å². The number of hydrogen-bond acceptors (Lipinski definition) is 5. The summed E-state index contributed by atoms with van der Waals surface area (Å²) in [5.41, 5.74) is 4.53.